The second-order valence-electron chi connectivity index (χ2n) is 6.01. The average molecular weight is 355 g/mol. The molecule has 0 bridgehead atoms. The number of hydrogen-bond donors (Lipinski definition) is 1. The Morgan fingerprint density at radius 2 is 1.92 bits per heavy atom. The van der Waals surface area contributed by atoms with Gasteiger partial charge in [0, 0.05) is 24.8 Å². The Labute approximate surface area is 154 Å². The number of allylic oxidation sites excluding steroid dienone is 5. The molecule has 5 heteroatoms. The molecule has 1 aromatic carbocycles. The van der Waals surface area contributed by atoms with Gasteiger partial charge in [-0.05, 0) is 25.3 Å². The quantitative estimate of drug-likeness (QED) is 0.437. The van der Waals surface area contributed by atoms with E-state index in [1.54, 1.807) is 7.11 Å². The summed E-state index contributed by atoms with van der Waals surface area (Å²) in [6, 6.07) is 9.28. The molecule has 1 amide bonds. The molecule has 1 aliphatic carbocycles. The van der Waals surface area contributed by atoms with Crippen LogP contribution in [-0.4, -0.2) is 38.7 Å². The molecule has 0 heterocycles. The molecule has 26 heavy (non-hydrogen) atoms. The molecule has 1 N–H and O–H groups in total. The highest BCUT2D eigenvalue weighted by Crippen LogP contribution is 2.24. The van der Waals surface area contributed by atoms with Crippen molar-refractivity contribution in [1.82, 2.24) is 5.32 Å². The van der Waals surface area contributed by atoms with E-state index in [4.69, 9.17) is 9.47 Å². The maximum atomic E-state index is 12.6. The van der Waals surface area contributed by atoms with Crippen molar-refractivity contribution in [1.29, 1.82) is 0 Å². The first-order valence-corrected chi connectivity index (χ1v) is 8.67. The molecule has 5 nitrogen and oxygen atoms in total. The number of benzene rings is 1. The van der Waals surface area contributed by atoms with Crippen LogP contribution in [0.15, 0.2) is 65.3 Å². The first-order chi connectivity index (χ1) is 12.6. The summed E-state index contributed by atoms with van der Waals surface area (Å²) in [5.74, 6) is 0.0475. The van der Waals surface area contributed by atoms with Crippen molar-refractivity contribution in [3.63, 3.8) is 0 Å². The summed E-state index contributed by atoms with van der Waals surface area (Å²) in [7, 11) is 1.56. The molecule has 138 valence electrons. The number of amides is 1. The molecule has 0 fully saturated rings. The Kier molecular flexibility index (Phi) is 7.83. The van der Waals surface area contributed by atoms with Crippen LogP contribution in [0, 0.1) is 0 Å². The topological polar surface area (TPSA) is 64.6 Å². The van der Waals surface area contributed by atoms with Crippen LogP contribution >= 0.6 is 0 Å². The summed E-state index contributed by atoms with van der Waals surface area (Å²) in [5, 5.41) is 2.72. The predicted molar refractivity (Wildman–Crippen MR) is 101 cm³/mol. The molecule has 0 saturated carbocycles. The molecule has 1 aliphatic rings. The van der Waals surface area contributed by atoms with E-state index in [9.17, 15) is 9.59 Å². The normalized spacial score (nSPS) is 15.2. The Hall–Kier alpha value is -2.66. The lowest BCUT2D eigenvalue weighted by atomic mass is 9.91. The lowest BCUT2D eigenvalue weighted by Gasteiger charge is -2.15. The first kappa shape index (κ1) is 19.7. The van der Waals surface area contributed by atoms with Crippen molar-refractivity contribution in [2.24, 2.45) is 0 Å². The zero-order valence-electron chi connectivity index (χ0n) is 15.3. The second kappa shape index (κ2) is 10.4. The molecule has 0 saturated heterocycles. The SMILES string of the molecule is COCCOC(=O)NCCC1=CC=C/C(=C(/C)C(=O)c2ccccc2)C1. The predicted octanol–water partition coefficient (Wildman–Crippen LogP) is 3.83. The Morgan fingerprint density at radius 3 is 2.65 bits per heavy atom. The molecular weight excluding hydrogens is 330 g/mol. The minimum absolute atomic E-state index is 0.0475. The van der Waals surface area contributed by atoms with Gasteiger partial charge in [0.2, 0.25) is 0 Å². The molecular formula is C21H25NO4. The van der Waals surface area contributed by atoms with E-state index in [1.807, 2.05) is 55.5 Å². The van der Waals surface area contributed by atoms with Crippen molar-refractivity contribution >= 4 is 11.9 Å². The van der Waals surface area contributed by atoms with Gasteiger partial charge in [0.25, 0.3) is 0 Å². The smallest absolute Gasteiger partial charge is 0.407 e. The average Bonchev–Trinajstić information content (AvgIpc) is 2.68. The van der Waals surface area contributed by atoms with Crippen molar-refractivity contribution in [2.45, 2.75) is 19.8 Å². The van der Waals surface area contributed by atoms with Crippen LogP contribution in [0.1, 0.15) is 30.1 Å². The number of ether oxygens (including phenoxy) is 2. The van der Waals surface area contributed by atoms with Gasteiger partial charge in [0.15, 0.2) is 5.78 Å². The van der Waals surface area contributed by atoms with Crippen LogP contribution in [0.4, 0.5) is 4.79 Å². The molecule has 0 atom stereocenters. The largest absolute Gasteiger partial charge is 0.447 e. The Bertz CT molecular complexity index is 717. The number of hydrogen-bond acceptors (Lipinski definition) is 4. The fourth-order valence-corrected chi connectivity index (χ4v) is 2.64. The number of alkyl carbamates (subject to hydrolysis) is 1. The summed E-state index contributed by atoms with van der Waals surface area (Å²) in [6.07, 6.45) is 6.93. The summed E-state index contributed by atoms with van der Waals surface area (Å²) >= 11 is 0. The third kappa shape index (κ3) is 6.01. The van der Waals surface area contributed by atoms with Crippen molar-refractivity contribution in [3.05, 3.63) is 70.8 Å². The summed E-state index contributed by atoms with van der Waals surface area (Å²) < 4.78 is 9.77. The van der Waals surface area contributed by atoms with Crippen molar-refractivity contribution < 1.29 is 19.1 Å². The number of carbonyl (C=O) groups excluding carboxylic acids is 2. The van der Waals surface area contributed by atoms with E-state index in [1.165, 1.54) is 5.57 Å². The van der Waals surface area contributed by atoms with Crippen molar-refractivity contribution in [3.8, 4) is 0 Å². The molecule has 0 aromatic heterocycles. The highest BCUT2D eigenvalue weighted by atomic mass is 16.6. The summed E-state index contributed by atoms with van der Waals surface area (Å²) in [6.45, 7) is 2.97. The van der Waals surface area contributed by atoms with Gasteiger partial charge in [0.1, 0.15) is 6.61 Å². The highest BCUT2D eigenvalue weighted by molar-refractivity contribution is 6.09. The maximum absolute atomic E-state index is 12.6. The van der Waals surface area contributed by atoms with E-state index in [0.29, 0.717) is 31.6 Å². The fourth-order valence-electron chi connectivity index (χ4n) is 2.64. The van der Waals surface area contributed by atoms with E-state index in [2.05, 4.69) is 5.32 Å². The van der Waals surface area contributed by atoms with Gasteiger partial charge in [-0.25, -0.2) is 4.79 Å². The van der Waals surface area contributed by atoms with E-state index >= 15 is 0 Å². The van der Waals surface area contributed by atoms with E-state index in [-0.39, 0.29) is 12.4 Å². The fraction of sp³-hybridized carbons (Fsp3) is 0.333. The van der Waals surface area contributed by atoms with Crippen LogP contribution in [0.25, 0.3) is 0 Å². The van der Waals surface area contributed by atoms with E-state index < -0.39 is 6.09 Å². The molecule has 1 aromatic rings. The lowest BCUT2D eigenvalue weighted by Crippen LogP contribution is -2.26. The third-order valence-electron chi connectivity index (χ3n) is 4.14. The van der Waals surface area contributed by atoms with Gasteiger partial charge in [-0.3, -0.25) is 4.79 Å². The minimum Gasteiger partial charge on any atom is -0.447 e. The standard InChI is InChI=1S/C21H25NO4/c1-16(20(23)18-8-4-3-5-9-18)19-10-6-7-17(15-19)11-12-22-21(24)26-14-13-25-2/h3-10H,11-15H2,1-2H3,(H,22,24)/b19-16+. The number of methoxy groups -OCH3 is 1. The van der Waals surface area contributed by atoms with E-state index in [0.717, 1.165) is 11.1 Å². The van der Waals surface area contributed by atoms with Gasteiger partial charge in [-0.15, -0.1) is 0 Å². The second-order valence-corrected chi connectivity index (χ2v) is 6.01. The number of nitrogens with one attached hydrogen (secondary N) is 1. The molecule has 0 unspecified atom stereocenters. The van der Waals surface area contributed by atoms with Gasteiger partial charge in [0.05, 0.1) is 6.61 Å². The zero-order valence-corrected chi connectivity index (χ0v) is 15.3. The minimum atomic E-state index is -0.444. The summed E-state index contributed by atoms with van der Waals surface area (Å²) in [4.78, 5) is 24.1. The van der Waals surface area contributed by atoms with Crippen molar-refractivity contribution in [2.75, 3.05) is 26.9 Å². The molecule has 2 rings (SSSR count). The van der Waals surface area contributed by atoms with Gasteiger partial charge in [-0.1, -0.05) is 54.1 Å². The molecule has 0 spiro atoms. The Morgan fingerprint density at radius 1 is 1.15 bits per heavy atom. The van der Waals surface area contributed by atoms with Gasteiger partial charge in [-0.2, -0.15) is 0 Å². The molecule has 0 aliphatic heterocycles. The number of rotatable bonds is 8. The number of carbonyl (C=O) groups is 2. The Balaban J connectivity index is 1.86. The summed E-state index contributed by atoms with van der Waals surface area (Å²) in [5.41, 5.74) is 3.63. The van der Waals surface area contributed by atoms with Crippen LogP contribution in [0.5, 0.6) is 0 Å². The number of Topliss-reactive ketones (excluding diaryl/α,β-unsaturated/α-hetero) is 1. The van der Waals surface area contributed by atoms with Crippen LogP contribution in [0.2, 0.25) is 0 Å². The lowest BCUT2D eigenvalue weighted by molar-refractivity contribution is 0.0986. The maximum Gasteiger partial charge on any atom is 0.407 e. The van der Waals surface area contributed by atoms with Crippen LogP contribution in [-0.2, 0) is 9.47 Å². The van der Waals surface area contributed by atoms with Crippen LogP contribution < -0.4 is 5.32 Å². The number of ketones is 1. The highest BCUT2D eigenvalue weighted by Gasteiger charge is 2.14. The third-order valence-corrected chi connectivity index (χ3v) is 4.14. The van der Waals surface area contributed by atoms with Crippen LogP contribution in [0.3, 0.4) is 0 Å². The van der Waals surface area contributed by atoms with Gasteiger partial charge >= 0.3 is 6.09 Å². The zero-order chi connectivity index (χ0) is 18.8. The first-order valence-electron chi connectivity index (χ1n) is 8.67. The monoisotopic (exact) mass is 355 g/mol. The van der Waals surface area contributed by atoms with Gasteiger partial charge < -0.3 is 14.8 Å². The molecule has 0 radical (unpaired) electrons.